The Bertz CT molecular complexity index is 448. The van der Waals surface area contributed by atoms with E-state index in [-0.39, 0.29) is 11.4 Å². The Kier molecular flexibility index (Phi) is 7.05. The second-order valence-corrected chi connectivity index (χ2v) is 6.92. The van der Waals surface area contributed by atoms with Gasteiger partial charge >= 0.3 is 0 Å². The normalized spacial score (nSPS) is 13.8. The number of nitrogens with two attached hydrogens (primary N) is 1. The Hall–Kier alpha value is -1.20. The molecule has 5 heteroatoms. The van der Waals surface area contributed by atoms with E-state index in [0.717, 1.165) is 17.1 Å². The summed E-state index contributed by atoms with van der Waals surface area (Å²) in [6.45, 7) is 6.71. The molecule has 1 atom stereocenters. The van der Waals surface area contributed by atoms with Crippen LogP contribution in [0.25, 0.3) is 0 Å². The molecule has 0 spiro atoms. The van der Waals surface area contributed by atoms with Gasteiger partial charge in [-0.25, -0.2) is 0 Å². The molecule has 4 nitrogen and oxygen atoms in total. The number of nitrogens with one attached hydrogen (secondary N) is 1. The fraction of sp³-hybridized carbons (Fsp3) is 0.562. The first-order valence-electron chi connectivity index (χ1n) is 7.16. The number of ether oxygens (including phenoxy) is 1. The molecule has 0 aliphatic heterocycles. The highest BCUT2D eigenvalue weighted by molar-refractivity contribution is 8.00. The van der Waals surface area contributed by atoms with Crippen molar-refractivity contribution in [3.05, 3.63) is 24.3 Å². The van der Waals surface area contributed by atoms with Gasteiger partial charge in [0.1, 0.15) is 5.75 Å². The molecule has 118 valence electrons. The van der Waals surface area contributed by atoms with E-state index in [9.17, 15) is 4.79 Å². The zero-order chi connectivity index (χ0) is 15.9. The van der Waals surface area contributed by atoms with Crippen LogP contribution in [0.3, 0.4) is 0 Å². The highest BCUT2D eigenvalue weighted by Gasteiger charge is 2.25. The number of rotatable bonds is 8. The van der Waals surface area contributed by atoms with E-state index in [1.165, 1.54) is 11.8 Å². The summed E-state index contributed by atoms with van der Waals surface area (Å²) >= 11 is 1.51. The van der Waals surface area contributed by atoms with Crippen LogP contribution < -0.4 is 15.8 Å². The van der Waals surface area contributed by atoms with Crippen molar-refractivity contribution < 1.29 is 9.53 Å². The minimum absolute atomic E-state index is 0.0180. The zero-order valence-corrected chi connectivity index (χ0v) is 14.1. The molecule has 1 rings (SSSR count). The van der Waals surface area contributed by atoms with Crippen molar-refractivity contribution in [2.75, 3.05) is 19.4 Å². The maximum absolute atomic E-state index is 12.1. The van der Waals surface area contributed by atoms with Crippen molar-refractivity contribution in [3.8, 4) is 5.75 Å². The molecule has 0 radical (unpaired) electrons. The minimum atomic E-state index is -0.328. The predicted molar refractivity (Wildman–Crippen MR) is 88.8 cm³/mol. The van der Waals surface area contributed by atoms with Gasteiger partial charge in [0.05, 0.1) is 12.9 Å². The van der Waals surface area contributed by atoms with E-state index in [2.05, 4.69) is 19.2 Å². The molecule has 0 aliphatic rings. The van der Waals surface area contributed by atoms with Gasteiger partial charge in [0, 0.05) is 17.0 Å². The lowest BCUT2D eigenvalue weighted by Crippen LogP contribution is -2.52. The fourth-order valence-electron chi connectivity index (χ4n) is 2.28. The van der Waals surface area contributed by atoms with Crippen molar-refractivity contribution in [3.63, 3.8) is 0 Å². The van der Waals surface area contributed by atoms with Gasteiger partial charge in [0.2, 0.25) is 5.91 Å². The SMILES string of the molecule is COc1ccc(SCC(=O)NC(C)(CN)CC(C)C)cc1. The summed E-state index contributed by atoms with van der Waals surface area (Å²) < 4.78 is 5.11. The fourth-order valence-corrected chi connectivity index (χ4v) is 2.98. The number of thioether (sulfide) groups is 1. The molecule has 0 saturated carbocycles. The molecule has 0 aliphatic carbocycles. The smallest absolute Gasteiger partial charge is 0.230 e. The molecule has 0 aromatic heterocycles. The quantitative estimate of drug-likeness (QED) is 0.725. The molecular weight excluding hydrogens is 284 g/mol. The Morgan fingerprint density at radius 3 is 2.48 bits per heavy atom. The Morgan fingerprint density at radius 1 is 1.38 bits per heavy atom. The van der Waals surface area contributed by atoms with Crippen LogP contribution in [0, 0.1) is 5.92 Å². The van der Waals surface area contributed by atoms with Gasteiger partial charge in [-0.15, -0.1) is 11.8 Å². The second kappa shape index (κ2) is 8.29. The third-order valence-electron chi connectivity index (χ3n) is 3.18. The van der Waals surface area contributed by atoms with E-state index < -0.39 is 0 Å². The van der Waals surface area contributed by atoms with Crippen molar-refractivity contribution in [2.24, 2.45) is 11.7 Å². The van der Waals surface area contributed by atoms with E-state index >= 15 is 0 Å². The summed E-state index contributed by atoms with van der Waals surface area (Å²) in [6, 6.07) is 7.69. The minimum Gasteiger partial charge on any atom is -0.497 e. The van der Waals surface area contributed by atoms with Crippen molar-refractivity contribution in [1.29, 1.82) is 0 Å². The average Bonchev–Trinajstić information content (AvgIpc) is 2.44. The molecule has 21 heavy (non-hydrogen) atoms. The van der Waals surface area contributed by atoms with Gasteiger partial charge in [-0.1, -0.05) is 13.8 Å². The van der Waals surface area contributed by atoms with Crippen LogP contribution in [0.5, 0.6) is 5.75 Å². The number of hydrogen-bond acceptors (Lipinski definition) is 4. The second-order valence-electron chi connectivity index (χ2n) is 5.88. The Labute approximate surface area is 131 Å². The van der Waals surface area contributed by atoms with Gasteiger partial charge in [-0.3, -0.25) is 4.79 Å². The summed E-state index contributed by atoms with van der Waals surface area (Å²) in [5.74, 6) is 1.72. The van der Waals surface area contributed by atoms with Crippen molar-refractivity contribution >= 4 is 17.7 Å². The third-order valence-corrected chi connectivity index (χ3v) is 4.19. The largest absolute Gasteiger partial charge is 0.497 e. The van der Waals surface area contributed by atoms with Crippen LogP contribution in [0.1, 0.15) is 27.2 Å². The summed E-state index contributed by atoms with van der Waals surface area (Å²) in [5.41, 5.74) is 5.48. The number of carbonyl (C=O) groups excluding carboxylic acids is 1. The van der Waals surface area contributed by atoms with E-state index in [1.807, 2.05) is 31.2 Å². The van der Waals surface area contributed by atoms with Crippen LogP contribution >= 0.6 is 11.8 Å². The summed E-state index contributed by atoms with van der Waals surface area (Å²) in [4.78, 5) is 13.1. The number of amides is 1. The molecule has 0 fully saturated rings. The van der Waals surface area contributed by atoms with Crippen LogP contribution in [-0.4, -0.2) is 30.9 Å². The summed E-state index contributed by atoms with van der Waals surface area (Å²) in [5, 5.41) is 3.06. The van der Waals surface area contributed by atoms with E-state index in [1.54, 1.807) is 7.11 Å². The average molecular weight is 310 g/mol. The summed E-state index contributed by atoms with van der Waals surface area (Å²) in [7, 11) is 1.64. The summed E-state index contributed by atoms with van der Waals surface area (Å²) in [6.07, 6.45) is 0.877. The molecule has 0 heterocycles. The number of methoxy groups -OCH3 is 1. The Balaban J connectivity index is 2.48. The van der Waals surface area contributed by atoms with E-state index in [0.29, 0.717) is 18.2 Å². The van der Waals surface area contributed by atoms with Crippen LogP contribution in [0.4, 0.5) is 0 Å². The molecule has 1 unspecified atom stereocenters. The van der Waals surface area contributed by atoms with Crippen molar-refractivity contribution in [2.45, 2.75) is 37.6 Å². The standard InChI is InChI=1S/C16H26N2O2S/c1-12(2)9-16(3,11-17)18-15(19)10-21-14-7-5-13(20-4)6-8-14/h5-8,12H,9-11,17H2,1-4H3,(H,18,19). The van der Waals surface area contributed by atoms with Crippen molar-refractivity contribution in [1.82, 2.24) is 5.32 Å². The molecule has 1 aromatic rings. The monoisotopic (exact) mass is 310 g/mol. The lowest BCUT2D eigenvalue weighted by Gasteiger charge is -2.31. The first kappa shape index (κ1) is 17.9. The Morgan fingerprint density at radius 2 is 2.00 bits per heavy atom. The van der Waals surface area contributed by atoms with Crippen LogP contribution in [0.15, 0.2) is 29.2 Å². The molecule has 0 saturated heterocycles. The highest BCUT2D eigenvalue weighted by atomic mass is 32.2. The van der Waals surface area contributed by atoms with E-state index in [4.69, 9.17) is 10.5 Å². The molecule has 3 N–H and O–H groups in total. The first-order valence-corrected chi connectivity index (χ1v) is 8.15. The topological polar surface area (TPSA) is 64.3 Å². The first-order chi connectivity index (χ1) is 9.88. The van der Waals surface area contributed by atoms with Gasteiger partial charge in [0.25, 0.3) is 0 Å². The molecule has 1 aromatic carbocycles. The maximum atomic E-state index is 12.1. The third kappa shape index (κ3) is 6.40. The molecule has 0 bridgehead atoms. The number of hydrogen-bond donors (Lipinski definition) is 2. The van der Waals surface area contributed by atoms with Crippen LogP contribution in [-0.2, 0) is 4.79 Å². The predicted octanol–water partition coefficient (Wildman–Crippen LogP) is 2.67. The molecular formula is C16H26N2O2S. The lowest BCUT2D eigenvalue weighted by molar-refractivity contribution is -0.120. The molecule has 1 amide bonds. The zero-order valence-electron chi connectivity index (χ0n) is 13.3. The maximum Gasteiger partial charge on any atom is 0.230 e. The van der Waals surface area contributed by atoms with Gasteiger partial charge in [-0.05, 0) is 43.5 Å². The highest BCUT2D eigenvalue weighted by Crippen LogP contribution is 2.22. The van der Waals surface area contributed by atoms with Gasteiger partial charge in [-0.2, -0.15) is 0 Å². The number of carbonyl (C=O) groups is 1. The van der Waals surface area contributed by atoms with Gasteiger partial charge < -0.3 is 15.8 Å². The number of benzene rings is 1. The van der Waals surface area contributed by atoms with Gasteiger partial charge in [0.15, 0.2) is 0 Å². The van der Waals surface area contributed by atoms with Crippen LogP contribution in [0.2, 0.25) is 0 Å². The lowest BCUT2D eigenvalue weighted by atomic mass is 9.91.